The molecule has 7 heteroatoms. The second kappa shape index (κ2) is 7.54. The molecule has 2 unspecified atom stereocenters. The van der Waals surface area contributed by atoms with Crippen molar-refractivity contribution in [2.75, 3.05) is 39.0 Å². The fourth-order valence-electron chi connectivity index (χ4n) is 2.75. The van der Waals surface area contributed by atoms with E-state index in [0.717, 1.165) is 32.5 Å². The van der Waals surface area contributed by atoms with Gasteiger partial charge in [0.1, 0.15) is 5.54 Å². The van der Waals surface area contributed by atoms with E-state index in [4.69, 9.17) is 0 Å². The van der Waals surface area contributed by atoms with Crippen molar-refractivity contribution >= 4 is 10.0 Å². The SMILES string of the molecule is CCCNC(C)(C#N)CC(C)N1CCN(S(C)(=O)=O)CC1. The molecule has 1 fully saturated rings. The van der Waals surface area contributed by atoms with Crippen LogP contribution < -0.4 is 5.32 Å². The maximum Gasteiger partial charge on any atom is 0.211 e. The summed E-state index contributed by atoms with van der Waals surface area (Å²) in [6.45, 7) is 9.49. The third-order valence-corrected chi connectivity index (χ3v) is 5.38. The molecule has 2 atom stereocenters. The summed E-state index contributed by atoms with van der Waals surface area (Å²) in [7, 11) is -3.08. The zero-order valence-electron chi connectivity index (χ0n) is 13.6. The number of hydrogen-bond acceptors (Lipinski definition) is 5. The fourth-order valence-corrected chi connectivity index (χ4v) is 3.58. The second-order valence-corrected chi connectivity index (χ2v) is 8.10. The Hall–Kier alpha value is -0.680. The molecule has 122 valence electrons. The van der Waals surface area contributed by atoms with Gasteiger partial charge in [-0.3, -0.25) is 10.2 Å². The number of piperazine rings is 1. The van der Waals surface area contributed by atoms with Crippen molar-refractivity contribution in [3.05, 3.63) is 0 Å². The highest BCUT2D eigenvalue weighted by atomic mass is 32.2. The highest BCUT2D eigenvalue weighted by Gasteiger charge is 2.31. The van der Waals surface area contributed by atoms with Gasteiger partial charge < -0.3 is 0 Å². The smallest absolute Gasteiger partial charge is 0.211 e. The first-order valence-corrected chi connectivity index (χ1v) is 9.42. The monoisotopic (exact) mass is 316 g/mol. The van der Waals surface area contributed by atoms with Gasteiger partial charge in [-0.15, -0.1) is 0 Å². The van der Waals surface area contributed by atoms with Crippen LogP contribution in [0.4, 0.5) is 0 Å². The van der Waals surface area contributed by atoms with E-state index < -0.39 is 15.6 Å². The predicted molar refractivity (Wildman–Crippen MR) is 84.4 cm³/mol. The molecule has 6 nitrogen and oxygen atoms in total. The lowest BCUT2D eigenvalue weighted by molar-refractivity contribution is 0.127. The Morgan fingerprint density at radius 3 is 2.33 bits per heavy atom. The topological polar surface area (TPSA) is 76.4 Å². The van der Waals surface area contributed by atoms with Crippen molar-refractivity contribution in [2.24, 2.45) is 0 Å². The van der Waals surface area contributed by atoms with E-state index in [2.05, 4.69) is 30.1 Å². The lowest BCUT2D eigenvalue weighted by Gasteiger charge is -2.39. The normalized spacial score (nSPS) is 22.4. The summed E-state index contributed by atoms with van der Waals surface area (Å²) in [5, 5.41) is 12.7. The van der Waals surface area contributed by atoms with E-state index in [1.807, 2.05) is 6.92 Å². The van der Waals surface area contributed by atoms with E-state index in [0.29, 0.717) is 13.1 Å². The standard InChI is InChI=1S/C14H28N4O2S/c1-5-6-16-14(3,12-15)11-13(2)17-7-9-18(10-8-17)21(4,19)20/h13,16H,5-11H2,1-4H3. The molecule has 0 aromatic carbocycles. The summed E-state index contributed by atoms with van der Waals surface area (Å²) < 4.78 is 24.5. The molecule has 0 saturated carbocycles. The van der Waals surface area contributed by atoms with E-state index in [1.165, 1.54) is 10.6 Å². The number of hydrogen-bond donors (Lipinski definition) is 1. The molecule has 1 saturated heterocycles. The predicted octanol–water partition coefficient (Wildman–Crippen LogP) is 0.624. The Labute approximate surface area is 129 Å². The lowest BCUT2D eigenvalue weighted by Crippen LogP contribution is -2.54. The molecule has 0 aliphatic carbocycles. The summed E-state index contributed by atoms with van der Waals surface area (Å²) in [5.41, 5.74) is -0.524. The molecule has 0 aromatic rings. The molecule has 1 rings (SSSR count). The van der Waals surface area contributed by atoms with Crippen molar-refractivity contribution in [2.45, 2.75) is 45.2 Å². The van der Waals surface area contributed by atoms with Crippen LogP contribution in [0.15, 0.2) is 0 Å². The first-order chi connectivity index (χ1) is 9.72. The third kappa shape index (κ3) is 5.55. The summed E-state index contributed by atoms with van der Waals surface area (Å²) in [5.74, 6) is 0. The van der Waals surface area contributed by atoms with Crippen molar-refractivity contribution < 1.29 is 8.42 Å². The number of sulfonamides is 1. The van der Waals surface area contributed by atoms with Gasteiger partial charge in [0.05, 0.1) is 12.3 Å². The van der Waals surface area contributed by atoms with E-state index in [1.54, 1.807) is 0 Å². The molecule has 0 aromatic heterocycles. The number of rotatable bonds is 7. The molecule has 1 heterocycles. The molecule has 0 radical (unpaired) electrons. The third-order valence-electron chi connectivity index (χ3n) is 4.08. The maximum absolute atomic E-state index is 11.5. The molecule has 0 amide bonds. The summed E-state index contributed by atoms with van der Waals surface area (Å²) in [6, 6.07) is 2.62. The Kier molecular flexibility index (Phi) is 6.60. The molecule has 0 bridgehead atoms. The van der Waals surface area contributed by atoms with Gasteiger partial charge in [-0.1, -0.05) is 6.92 Å². The Morgan fingerprint density at radius 2 is 1.90 bits per heavy atom. The average molecular weight is 316 g/mol. The molecular formula is C14H28N4O2S. The van der Waals surface area contributed by atoms with Crippen LogP contribution in [0.25, 0.3) is 0 Å². The Bertz CT molecular complexity index is 466. The highest BCUT2D eigenvalue weighted by Crippen LogP contribution is 2.18. The van der Waals surface area contributed by atoms with Crippen molar-refractivity contribution in [1.29, 1.82) is 5.26 Å². The molecule has 21 heavy (non-hydrogen) atoms. The molecule has 0 spiro atoms. The first kappa shape index (κ1) is 18.4. The van der Waals surface area contributed by atoms with Gasteiger partial charge in [-0.05, 0) is 33.2 Å². The van der Waals surface area contributed by atoms with Gasteiger partial charge in [-0.25, -0.2) is 8.42 Å². The van der Waals surface area contributed by atoms with Crippen LogP contribution in [-0.2, 0) is 10.0 Å². The van der Waals surface area contributed by atoms with Crippen molar-refractivity contribution in [3.63, 3.8) is 0 Å². The van der Waals surface area contributed by atoms with Gasteiger partial charge >= 0.3 is 0 Å². The second-order valence-electron chi connectivity index (χ2n) is 6.12. The van der Waals surface area contributed by atoms with Crippen LogP contribution in [0.3, 0.4) is 0 Å². The zero-order valence-corrected chi connectivity index (χ0v) is 14.4. The lowest BCUT2D eigenvalue weighted by atomic mass is 9.94. The van der Waals surface area contributed by atoms with Crippen LogP contribution in [0.1, 0.15) is 33.6 Å². The van der Waals surface area contributed by atoms with Gasteiger partial charge in [-0.2, -0.15) is 9.57 Å². The maximum atomic E-state index is 11.5. The molecule has 1 N–H and O–H groups in total. The number of nitrogens with one attached hydrogen (secondary N) is 1. The van der Waals surface area contributed by atoms with E-state index >= 15 is 0 Å². The number of nitriles is 1. The van der Waals surface area contributed by atoms with Crippen molar-refractivity contribution in [1.82, 2.24) is 14.5 Å². The quantitative estimate of drug-likeness (QED) is 0.745. The molecule has 1 aliphatic heterocycles. The first-order valence-electron chi connectivity index (χ1n) is 7.57. The largest absolute Gasteiger partial charge is 0.300 e. The fraction of sp³-hybridized carbons (Fsp3) is 0.929. The molecular weight excluding hydrogens is 288 g/mol. The van der Waals surface area contributed by atoms with Gasteiger partial charge in [0.25, 0.3) is 0 Å². The van der Waals surface area contributed by atoms with Crippen molar-refractivity contribution in [3.8, 4) is 6.07 Å². The molecule has 1 aliphatic rings. The highest BCUT2D eigenvalue weighted by molar-refractivity contribution is 7.88. The van der Waals surface area contributed by atoms with Crippen LogP contribution in [0.5, 0.6) is 0 Å². The summed E-state index contributed by atoms with van der Waals surface area (Å²) >= 11 is 0. The van der Waals surface area contributed by atoms with Crippen LogP contribution in [0, 0.1) is 11.3 Å². The zero-order chi connectivity index (χ0) is 16.1. The van der Waals surface area contributed by atoms with Gasteiger partial charge in [0, 0.05) is 32.2 Å². The minimum absolute atomic E-state index is 0.251. The summed E-state index contributed by atoms with van der Waals surface area (Å²) in [4.78, 5) is 2.27. The minimum Gasteiger partial charge on any atom is -0.300 e. The average Bonchev–Trinajstić information content (AvgIpc) is 2.44. The van der Waals surface area contributed by atoms with Crippen LogP contribution in [0.2, 0.25) is 0 Å². The van der Waals surface area contributed by atoms with Gasteiger partial charge in [0.2, 0.25) is 10.0 Å². The minimum atomic E-state index is -3.08. The van der Waals surface area contributed by atoms with Gasteiger partial charge in [0.15, 0.2) is 0 Å². The summed E-state index contributed by atoms with van der Waals surface area (Å²) in [6.07, 6.45) is 2.99. The van der Waals surface area contributed by atoms with E-state index in [9.17, 15) is 13.7 Å². The Balaban J connectivity index is 2.54. The number of nitrogens with zero attached hydrogens (tertiary/aromatic N) is 3. The van der Waals surface area contributed by atoms with Crippen LogP contribution in [-0.4, -0.2) is 68.2 Å². The van der Waals surface area contributed by atoms with Crippen LogP contribution >= 0.6 is 0 Å². The van der Waals surface area contributed by atoms with E-state index in [-0.39, 0.29) is 6.04 Å². The Morgan fingerprint density at radius 1 is 1.33 bits per heavy atom.